The van der Waals surface area contributed by atoms with Gasteiger partial charge in [0.1, 0.15) is 10.6 Å². The summed E-state index contributed by atoms with van der Waals surface area (Å²) in [6, 6.07) is 6.04. The van der Waals surface area contributed by atoms with Crippen LogP contribution in [0.2, 0.25) is 5.15 Å². The molecule has 0 radical (unpaired) electrons. The minimum atomic E-state index is -4.36. The number of nitro benzene ring substituents is 1. The number of methoxy groups -OCH3 is 1. The third-order valence-electron chi connectivity index (χ3n) is 2.56. The van der Waals surface area contributed by atoms with Gasteiger partial charge in [-0.15, -0.1) is 0 Å². The van der Waals surface area contributed by atoms with Crippen molar-refractivity contribution < 1.29 is 22.3 Å². The van der Waals surface area contributed by atoms with Gasteiger partial charge in [0, 0.05) is 6.20 Å². The van der Waals surface area contributed by atoms with Crippen molar-refractivity contribution in [2.75, 3.05) is 7.11 Å². The number of ether oxygens (including phenoxy) is 1. The van der Waals surface area contributed by atoms with Gasteiger partial charge in [-0.3, -0.25) is 10.1 Å². The van der Waals surface area contributed by atoms with Gasteiger partial charge in [0.15, 0.2) is 5.15 Å². The minimum Gasteiger partial charge on any atom is -0.496 e. The molecule has 8 nitrogen and oxygen atoms in total. The van der Waals surface area contributed by atoms with Crippen LogP contribution >= 0.6 is 11.6 Å². The fraction of sp³-hybridized carbons (Fsp3) is 0.0833. The van der Waals surface area contributed by atoms with E-state index >= 15 is 0 Å². The van der Waals surface area contributed by atoms with Crippen LogP contribution in [0.4, 0.5) is 5.69 Å². The molecule has 10 heteroatoms. The van der Waals surface area contributed by atoms with Crippen molar-refractivity contribution in [3.05, 3.63) is 51.8 Å². The first-order chi connectivity index (χ1) is 10.3. The van der Waals surface area contributed by atoms with E-state index in [4.69, 9.17) is 20.5 Å². The number of hydrogen-bond acceptors (Lipinski definition) is 7. The summed E-state index contributed by atoms with van der Waals surface area (Å²) in [5.41, 5.74) is -0.553. The van der Waals surface area contributed by atoms with Gasteiger partial charge < -0.3 is 8.92 Å². The van der Waals surface area contributed by atoms with Crippen LogP contribution in [0.1, 0.15) is 0 Å². The molecular formula is C12H9ClN2O6S. The van der Waals surface area contributed by atoms with E-state index in [2.05, 4.69) is 4.98 Å². The first-order valence-electron chi connectivity index (χ1n) is 5.72. The van der Waals surface area contributed by atoms with Crippen molar-refractivity contribution in [2.24, 2.45) is 0 Å². The van der Waals surface area contributed by atoms with Crippen LogP contribution in [-0.4, -0.2) is 25.4 Å². The van der Waals surface area contributed by atoms with E-state index in [0.29, 0.717) is 0 Å². The average molecular weight is 345 g/mol. The normalized spacial score (nSPS) is 11.0. The van der Waals surface area contributed by atoms with E-state index in [0.717, 1.165) is 12.1 Å². The summed E-state index contributed by atoms with van der Waals surface area (Å²) >= 11 is 5.70. The summed E-state index contributed by atoms with van der Waals surface area (Å²) in [6.45, 7) is 0. The number of nitrogens with zero attached hydrogens (tertiary/aromatic N) is 2. The monoisotopic (exact) mass is 344 g/mol. The van der Waals surface area contributed by atoms with E-state index in [1.165, 1.54) is 31.5 Å². The highest BCUT2D eigenvalue weighted by atomic mass is 35.5. The Morgan fingerprint density at radius 2 is 2.05 bits per heavy atom. The van der Waals surface area contributed by atoms with E-state index in [1.807, 2.05) is 0 Å². The molecule has 2 rings (SSSR count). The topological polar surface area (TPSA) is 109 Å². The molecule has 0 aliphatic heterocycles. The second-order valence-corrected chi connectivity index (χ2v) is 5.79. The summed E-state index contributed by atoms with van der Waals surface area (Å²) in [4.78, 5) is 13.5. The molecule has 0 amide bonds. The van der Waals surface area contributed by atoms with Crippen LogP contribution in [0.25, 0.3) is 0 Å². The lowest BCUT2D eigenvalue weighted by atomic mass is 10.3. The highest BCUT2D eigenvalue weighted by molar-refractivity contribution is 7.87. The lowest BCUT2D eigenvalue weighted by Crippen LogP contribution is -2.12. The van der Waals surface area contributed by atoms with Crippen molar-refractivity contribution in [1.82, 2.24) is 4.98 Å². The molecule has 0 N–H and O–H groups in total. The Labute approximate surface area is 130 Å². The van der Waals surface area contributed by atoms with Gasteiger partial charge in [-0.1, -0.05) is 11.6 Å². The molecule has 116 valence electrons. The SMILES string of the molecule is COc1ccc(OS(=O)(=O)c2cccnc2Cl)c([N+](=O)[O-])c1. The maximum atomic E-state index is 12.2. The molecule has 0 bridgehead atoms. The van der Waals surface area contributed by atoms with E-state index in [9.17, 15) is 18.5 Å². The lowest BCUT2D eigenvalue weighted by Gasteiger charge is -2.09. The van der Waals surface area contributed by atoms with E-state index < -0.39 is 26.5 Å². The highest BCUT2D eigenvalue weighted by Gasteiger charge is 2.26. The first kappa shape index (κ1) is 16.0. The molecule has 2 aromatic rings. The Kier molecular flexibility index (Phi) is 4.48. The summed E-state index contributed by atoms with van der Waals surface area (Å²) in [5.74, 6) is -0.262. The molecule has 0 atom stereocenters. The zero-order chi connectivity index (χ0) is 16.3. The van der Waals surface area contributed by atoms with Gasteiger partial charge in [-0.2, -0.15) is 8.42 Å². The van der Waals surface area contributed by atoms with Gasteiger partial charge in [-0.25, -0.2) is 4.98 Å². The Morgan fingerprint density at radius 3 is 2.64 bits per heavy atom. The third kappa shape index (κ3) is 3.26. The number of hydrogen-bond donors (Lipinski definition) is 0. The lowest BCUT2D eigenvalue weighted by molar-refractivity contribution is -0.385. The molecule has 0 spiro atoms. The van der Waals surface area contributed by atoms with Crippen molar-refractivity contribution >= 4 is 27.4 Å². The first-order valence-corrected chi connectivity index (χ1v) is 7.51. The Balaban J connectivity index is 2.46. The van der Waals surface area contributed by atoms with Crippen LogP contribution in [0.5, 0.6) is 11.5 Å². The predicted octanol–water partition coefficient (Wildman–Crippen LogP) is 2.42. The number of nitro groups is 1. The average Bonchev–Trinajstić information content (AvgIpc) is 2.47. The Hall–Kier alpha value is -2.39. The molecule has 1 aromatic carbocycles. The summed E-state index contributed by atoms with van der Waals surface area (Å²) < 4.78 is 34.0. The molecule has 0 fully saturated rings. The number of rotatable bonds is 5. The number of pyridine rings is 1. The zero-order valence-electron chi connectivity index (χ0n) is 11.1. The van der Waals surface area contributed by atoms with Gasteiger partial charge in [-0.05, 0) is 24.3 Å². The second kappa shape index (κ2) is 6.16. The second-order valence-electron chi connectivity index (χ2n) is 3.92. The fourth-order valence-electron chi connectivity index (χ4n) is 1.56. The van der Waals surface area contributed by atoms with Crippen LogP contribution in [0, 0.1) is 10.1 Å². The van der Waals surface area contributed by atoms with Crippen LogP contribution in [0.15, 0.2) is 41.4 Å². The fourth-order valence-corrected chi connectivity index (χ4v) is 2.93. The molecule has 0 saturated carbocycles. The van der Waals surface area contributed by atoms with Crippen molar-refractivity contribution in [3.8, 4) is 11.5 Å². The Morgan fingerprint density at radius 1 is 1.32 bits per heavy atom. The van der Waals surface area contributed by atoms with Crippen LogP contribution in [-0.2, 0) is 10.1 Å². The molecule has 0 aliphatic rings. The maximum absolute atomic E-state index is 12.2. The third-order valence-corrected chi connectivity index (χ3v) is 4.24. The molecular weight excluding hydrogens is 336 g/mol. The summed E-state index contributed by atoms with van der Waals surface area (Å²) in [7, 11) is -3.03. The number of aromatic nitrogens is 1. The van der Waals surface area contributed by atoms with Gasteiger partial charge in [0.2, 0.25) is 5.75 Å². The van der Waals surface area contributed by atoms with E-state index in [-0.39, 0.29) is 15.8 Å². The minimum absolute atomic E-state index is 0.191. The maximum Gasteiger partial charge on any atom is 0.342 e. The molecule has 0 aliphatic carbocycles. The predicted molar refractivity (Wildman–Crippen MR) is 76.7 cm³/mol. The number of halogens is 1. The van der Waals surface area contributed by atoms with Gasteiger partial charge in [0.05, 0.1) is 18.1 Å². The van der Waals surface area contributed by atoms with Crippen molar-refractivity contribution in [3.63, 3.8) is 0 Å². The molecule has 0 unspecified atom stereocenters. The molecule has 22 heavy (non-hydrogen) atoms. The summed E-state index contributed by atoms with van der Waals surface area (Å²) in [6.07, 6.45) is 1.30. The van der Waals surface area contributed by atoms with Gasteiger partial charge >= 0.3 is 15.8 Å². The zero-order valence-corrected chi connectivity index (χ0v) is 12.7. The van der Waals surface area contributed by atoms with Crippen molar-refractivity contribution in [2.45, 2.75) is 4.90 Å². The highest BCUT2D eigenvalue weighted by Crippen LogP contribution is 2.33. The Bertz CT molecular complexity index is 824. The van der Waals surface area contributed by atoms with E-state index in [1.54, 1.807) is 0 Å². The molecule has 1 aromatic heterocycles. The van der Waals surface area contributed by atoms with Gasteiger partial charge in [0.25, 0.3) is 0 Å². The summed E-state index contributed by atoms with van der Waals surface area (Å²) in [5, 5.41) is 10.7. The van der Waals surface area contributed by atoms with Crippen LogP contribution < -0.4 is 8.92 Å². The standard InChI is InChI=1S/C12H9ClN2O6S/c1-20-8-4-5-10(9(7-8)15(16)17)21-22(18,19)11-3-2-6-14-12(11)13/h2-7H,1H3. The van der Waals surface area contributed by atoms with Crippen molar-refractivity contribution in [1.29, 1.82) is 0 Å². The molecule has 1 heterocycles. The quantitative estimate of drug-likeness (QED) is 0.354. The number of benzene rings is 1. The largest absolute Gasteiger partial charge is 0.496 e. The smallest absolute Gasteiger partial charge is 0.342 e. The molecule has 0 saturated heterocycles. The van der Waals surface area contributed by atoms with Crippen LogP contribution in [0.3, 0.4) is 0 Å².